The minimum atomic E-state index is 0.512. The molecule has 0 saturated heterocycles. The van der Waals surface area contributed by atoms with E-state index in [9.17, 15) is 0 Å². The van der Waals surface area contributed by atoms with Crippen molar-refractivity contribution in [2.24, 2.45) is 17.3 Å². The largest absolute Gasteiger partial charge is 0.314 e. The molecular weight excluding hydrogens is 254 g/mol. The van der Waals surface area contributed by atoms with Crippen molar-refractivity contribution >= 4 is 0 Å². The van der Waals surface area contributed by atoms with Crippen LogP contribution in [0, 0.1) is 17.3 Å². The molecule has 3 unspecified atom stereocenters. The van der Waals surface area contributed by atoms with Gasteiger partial charge in [0, 0.05) is 6.04 Å². The van der Waals surface area contributed by atoms with Crippen molar-refractivity contribution in [2.75, 3.05) is 6.54 Å². The van der Waals surface area contributed by atoms with Crippen molar-refractivity contribution in [1.82, 2.24) is 5.32 Å². The highest BCUT2D eigenvalue weighted by atomic mass is 14.9. The normalized spacial score (nSPS) is 27.0. The van der Waals surface area contributed by atoms with Gasteiger partial charge in [0.1, 0.15) is 0 Å². The van der Waals surface area contributed by atoms with E-state index in [1.54, 1.807) is 0 Å². The van der Waals surface area contributed by atoms with Crippen LogP contribution in [0.4, 0.5) is 0 Å². The predicted molar refractivity (Wildman–Crippen MR) is 95.7 cm³/mol. The second kappa shape index (κ2) is 9.87. The number of hydrogen-bond donors (Lipinski definition) is 1. The summed E-state index contributed by atoms with van der Waals surface area (Å²) in [6.07, 6.45) is 14.2. The zero-order valence-electron chi connectivity index (χ0n) is 15.5. The molecule has 1 N–H and O–H groups in total. The van der Waals surface area contributed by atoms with E-state index in [1.165, 1.54) is 64.2 Å². The van der Waals surface area contributed by atoms with Crippen LogP contribution in [-0.4, -0.2) is 12.6 Å². The Morgan fingerprint density at radius 2 is 1.62 bits per heavy atom. The van der Waals surface area contributed by atoms with Crippen molar-refractivity contribution in [3.05, 3.63) is 0 Å². The maximum atomic E-state index is 3.79. The molecule has 1 aliphatic carbocycles. The van der Waals surface area contributed by atoms with E-state index in [4.69, 9.17) is 0 Å². The molecule has 1 aliphatic rings. The first kappa shape index (κ1) is 19.0. The molecule has 0 aromatic rings. The second-order valence-corrected chi connectivity index (χ2v) is 8.20. The van der Waals surface area contributed by atoms with Gasteiger partial charge in [-0.3, -0.25) is 0 Å². The highest BCUT2D eigenvalue weighted by Gasteiger charge is 2.37. The highest BCUT2D eigenvalue weighted by molar-refractivity contribution is 4.91. The first-order chi connectivity index (χ1) is 10.0. The average Bonchev–Trinajstić information content (AvgIpc) is 2.43. The third-order valence-corrected chi connectivity index (χ3v) is 5.76. The summed E-state index contributed by atoms with van der Waals surface area (Å²) in [5, 5.41) is 3.79. The maximum absolute atomic E-state index is 3.79. The van der Waals surface area contributed by atoms with Gasteiger partial charge in [-0.05, 0) is 43.1 Å². The predicted octanol–water partition coefficient (Wildman–Crippen LogP) is 6.18. The molecule has 1 heteroatoms. The van der Waals surface area contributed by atoms with Crippen molar-refractivity contribution in [3.63, 3.8) is 0 Å². The van der Waals surface area contributed by atoms with Crippen LogP contribution in [0.1, 0.15) is 98.8 Å². The first-order valence-electron chi connectivity index (χ1n) is 9.74. The fourth-order valence-electron chi connectivity index (χ4n) is 4.35. The Morgan fingerprint density at radius 3 is 2.29 bits per heavy atom. The number of hydrogen-bond acceptors (Lipinski definition) is 1. The summed E-state index contributed by atoms with van der Waals surface area (Å²) in [6.45, 7) is 13.2. The lowest BCUT2D eigenvalue weighted by Crippen LogP contribution is -2.46. The van der Waals surface area contributed by atoms with E-state index < -0.39 is 0 Å². The molecule has 0 bridgehead atoms. The van der Waals surface area contributed by atoms with Gasteiger partial charge in [-0.1, -0.05) is 79.6 Å². The van der Waals surface area contributed by atoms with Crippen molar-refractivity contribution in [2.45, 2.75) is 105 Å². The molecule has 1 rings (SSSR count). The minimum Gasteiger partial charge on any atom is -0.314 e. The Labute approximate surface area is 134 Å². The third kappa shape index (κ3) is 6.72. The monoisotopic (exact) mass is 295 g/mol. The lowest BCUT2D eigenvalue weighted by molar-refractivity contribution is 0.0851. The Hall–Kier alpha value is -0.0400. The molecule has 0 aliphatic heterocycles. The summed E-state index contributed by atoms with van der Waals surface area (Å²) in [6, 6.07) is 0.758. The van der Waals surface area contributed by atoms with Gasteiger partial charge in [0.15, 0.2) is 0 Å². The summed E-state index contributed by atoms with van der Waals surface area (Å²) in [5.41, 5.74) is 0.512. The first-order valence-corrected chi connectivity index (χ1v) is 9.74. The van der Waals surface area contributed by atoms with Crippen LogP contribution in [-0.2, 0) is 0 Å². The molecule has 0 aromatic carbocycles. The fraction of sp³-hybridized carbons (Fsp3) is 1.00. The van der Waals surface area contributed by atoms with E-state index in [2.05, 4.69) is 39.9 Å². The van der Waals surface area contributed by atoms with Crippen LogP contribution in [0.5, 0.6) is 0 Å². The number of rotatable bonds is 10. The molecular formula is C20H41N. The third-order valence-electron chi connectivity index (χ3n) is 5.76. The average molecular weight is 296 g/mol. The van der Waals surface area contributed by atoms with Crippen LogP contribution in [0.3, 0.4) is 0 Å². The summed E-state index contributed by atoms with van der Waals surface area (Å²) in [5.74, 6) is 1.79. The van der Waals surface area contributed by atoms with Gasteiger partial charge in [-0.15, -0.1) is 0 Å². The van der Waals surface area contributed by atoms with Gasteiger partial charge < -0.3 is 5.32 Å². The maximum Gasteiger partial charge on any atom is 0.0103 e. The van der Waals surface area contributed by atoms with Gasteiger partial charge in [0.2, 0.25) is 0 Å². The Balaban J connectivity index is 2.39. The van der Waals surface area contributed by atoms with Gasteiger partial charge in [-0.2, -0.15) is 0 Å². The van der Waals surface area contributed by atoms with E-state index in [1.807, 2.05) is 0 Å². The zero-order valence-corrected chi connectivity index (χ0v) is 15.5. The molecule has 1 nitrogen and oxygen atoms in total. The molecule has 1 saturated carbocycles. The minimum absolute atomic E-state index is 0.512. The molecule has 0 amide bonds. The van der Waals surface area contributed by atoms with Crippen LogP contribution >= 0.6 is 0 Å². The Bertz CT molecular complexity index is 259. The molecule has 3 atom stereocenters. The van der Waals surface area contributed by atoms with Crippen LogP contribution in [0.25, 0.3) is 0 Å². The van der Waals surface area contributed by atoms with Gasteiger partial charge in [-0.25, -0.2) is 0 Å². The van der Waals surface area contributed by atoms with Crippen LogP contribution in [0.2, 0.25) is 0 Å². The molecule has 0 spiro atoms. The zero-order chi connectivity index (χ0) is 15.7. The van der Waals surface area contributed by atoms with E-state index in [0.29, 0.717) is 5.41 Å². The molecule has 126 valence electrons. The lowest BCUT2D eigenvalue weighted by atomic mass is 9.64. The summed E-state index contributed by atoms with van der Waals surface area (Å²) in [7, 11) is 0. The highest BCUT2D eigenvalue weighted by Crippen LogP contribution is 2.43. The smallest absolute Gasteiger partial charge is 0.0103 e. The van der Waals surface area contributed by atoms with Gasteiger partial charge in [0.25, 0.3) is 0 Å². The number of unbranched alkanes of at least 4 members (excludes halogenated alkanes) is 5. The quantitative estimate of drug-likeness (QED) is 0.475. The Morgan fingerprint density at radius 1 is 0.952 bits per heavy atom. The fourth-order valence-corrected chi connectivity index (χ4v) is 4.35. The molecule has 0 radical (unpaired) electrons. The summed E-state index contributed by atoms with van der Waals surface area (Å²) in [4.78, 5) is 0. The van der Waals surface area contributed by atoms with Crippen LogP contribution < -0.4 is 5.32 Å². The SMILES string of the molecule is CCCCCCCCC(C)(C)C1CCC(C)CC1NCC. The summed E-state index contributed by atoms with van der Waals surface area (Å²) >= 11 is 0. The molecule has 0 aromatic heterocycles. The molecule has 1 fully saturated rings. The van der Waals surface area contributed by atoms with Crippen molar-refractivity contribution < 1.29 is 0 Å². The second-order valence-electron chi connectivity index (χ2n) is 8.20. The van der Waals surface area contributed by atoms with Crippen LogP contribution in [0.15, 0.2) is 0 Å². The van der Waals surface area contributed by atoms with Gasteiger partial charge in [0.05, 0.1) is 0 Å². The standard InChI is InChI=1S/C20H41N/c1-6-8-9-10-11-12-15-20(4,5)18-14-13-17(3)16-19(18)21-7-2/h17-19,21H,6-16H2,1-5H3. The van der Waals surface area contributed by atoms with E-state index >= 15 is 0 Å². The van der Waals surface area contributed by atoms with E-state index in [0.717, 1.165) is 24.4 Å². The van der Waals surface area contributed by atoms with Gasteiger partial charge >= 0.3 is 0 Å². The molecule has 0 heterocycles. The van der Waals surface area contributed by atoms with Crippen molar-refractivity contribution in [3.8, 4) is 0 Å². The topological polar surface area (TPSA) is 12.0 Å². The lowest BCUT2D eigenvalue weighted by Gasteiger charge is -2.45. The Kier molecular flexibility index (Phi) is 8.94. The van der Waals surface area contributed by atoms with Crippen molar-refractivity contribution in [1.29, 1.82) is 0 Å². The molecule has 21 heavy (non-hydrogen) atoms. The summed E-state index contributed by atoms with van der Waals surface area (Å²) < 4.78 is 0. The van der Waals surface area contributed by atoms with E-state index in [-0.39, 0.29) is 0 Å². The number of nitrogens with one attached hydrogen (secondary N) is 1.